The molecule has 23 heavy (non-hydrogen) atoms. The largest absolute Gasteiger partial charge is 0.324 e. The monoisotopic (exact) mass is 378 g/mol. The molecule has 0 aliphatic carbocycles. The Bertz CT molecular complexity index is 658. The minimum Gasteiger partial charge on any atom is -0.324 e. The number of carbonyl (C=O) groups is 1. The van der Waals surface area contributed by atoms with E-state index in [2.05, 4.69) is 40.4 Å². The third-order valence-corrected chi connectivity index (χ3v) is 4.22. The first-order valence-corrected chi connectivity index (χ1v) is 8.30. The predicted octanol–water partition coefficient (Wildman–Crippen LogP) is 4.51. The molecule has 0 saturated carbocycles. The van der Waals surface area contributed by atoms with E-state index in [1.54, 1.807) is 12.1 Å². The van der Waals surface area contributed by atoms with Crippen LogP contribution in [0.1, 0.15) is 25.5 Å². The summed E-state index contributed by atoms with van der Waals surface area (Å²) in [5.74, 6) is -0.107. The SMILES string of the molecule is CC(C)[C@H](NCC(=O)Nc1ccccc1Br)c1ccc(F)cc1. The molecule has 0 unspecified atom stereocenters. The van der Waals surface area contributed by atoms with Gasteiger partial charge in [-0.25, -0.2) is 4.39 Å². The summed E-state index contributed by atoms with van der Waals surface area (Å²) in [7, 11) is 0. The lowest BCUT2D eigenvalue weighted by Gasteiger charge is -2.23. The Labute approximate surface area is 144 Å². The number of anilines is 1. The average Bonchev–Trinajstić information content (AvgIpc) is 2.51. The molecule has 0 aromatic heterocycles. The fourth-order valence-electron chi connectivity index (χ4n) is 2.37. The van der Waals surface area contributed by atoms with Crippen molar-refractivity contribution < 1.29 is 9.18 Å². The van der Waals surface area contributed by atoms with Crippen molar-refractivity contribution in [2.75, 3.05) is 11.9 Å². The normalized spacial score (nSPS) is 12.2. The van der Waals surface area contributed by atoms with Gasteiger partial charge in [0.15, 0.2) is 0 Å². The second kappa shape index (κ2) is 8.22. The smallest absolute Gasteiger partial charge is 0.238 e. The fourth-order valence-corrected chi connectivity index (χ4v) is 2.75. The molecule has 2 N–H and O–H groups in total. The van der Waals surface area contributed by atoms with Crippen LogP contribution in [0.25, 0.3) is 0 Å². The molecule has 0 fully saturated rings. The lowest BCUT2D eigenvalue weighted by Crippen LogP contribution is -2.33. The van der Waals surface area contributed by atoms with Crippen molar-refractivity contribution in [3.8, 4) is 0 Å². The van der Waals surface area contributed by atoms with Gasteiger partial charge in [-0.2, -0.15) is 0 Å². The summed E-state index contributed by atoms with van der Waals surface area (Å²) in [6.45, 7) is 4.31. The van der Waals surface area contributed by atoms with Crippen LogP contribution in [0, 0.1) is 11.7 Å². The van der Waals surface area contributed by atoms with Gasteiger partial charge in [0.05, 0.1) is 12.2 Å². The van der Waals surface area contributed by atoms with Gasteiger partial charge in [-0.3, -0.25) is 4.79 Å². The van der Waals surface area contributed by atoms with E-state index >= 15 is 0 Å². The number of para-hydroxylation sites is 1. The molecule has 0 bridgehead atoms. The summed E-state index contributed by atoms with van der Waals surface area (Å²) < 4.78 is 13.9. The molecule has 122 valence electrons. The highest BCUT2D eigenvalue weighted by Crippen LogP contribution is 2.23. The van der Waals surface area contributed by atoms with Gasteiger partial charge in [0, 0.05) is 10.5 Å². The van der Waals surface area contributed by atoms with Gasteiger partial charge in [-0.1, -0.05) is 38.1 Å². The number of rotatable bonds is 6. The third-order valence-electron chi connectivity index (χ3n) is 3.53. The molecule has 0 aliphatic rings. The molecule has 1 amide bonds. The first-order chi connectivity index (χ1) is 11.0. The highest BCUT2D eigenvalue weighted by molar-refractivity contribution is 9.10. The van der Waals surface area contributed by atoms with Crippen LogP contribution in [0.4, 0.5) is 10.1 Å². The zero-order chi connectivity index (χ0) is 16.8. The second-order valence-electron chi connectivity index (χ2n) is 5.68. The summed E-state index contributed by atoms with van der Waals surface area (Å²) in [5, 5.41) is 6.10. The first kappa shape index (κ1) is 17.6. The standard InChI is InChI=1S/C18H20BrFN2O/c1-12(2)18(13-7-9-14(20)10-8-13)21-11-17(23)22-16-6-4-3-5-15(16)19/h3-10,12,18,21H,11H2,1-2H3,(H,22,23)/t18-/m0/s1. The Hall–Kier alpha value is -1.72. The number of amides is 1. The lowest BCUT2D eigenvalue weighted by molar-refractivity contribution is -0.115. The van der Waals surface area contributed by atoms with Gasteiger partial charge in [0.2, 0.25) is 5.91 Å². The highest BCUT2D eigenvalue weighted by Gasteiger charge is 2.17. The topological polar surface area (TPSA) is 41.1 Å². The Morgan fingerprint density at radius 1 is 1.13 bits per heavy atom. The van der Waals surface area contributed by atoms with E-state index < -0.39 is 0 Å². The molecule has 0 spiro atoms. The van der Waals surface area contributed by atoms with Gasteiger partial charge < -0.3 is 10.6 Å². The number of hydrogen-bond donors (Lipinski definition) is 2. The summed E-state index contributed by atoms with van der Waals surface area (Å²) in [4.78, 5) is 12.1. The quantitative estimate of drug-likeness (QED) is 0.775. The zero-order valence-corrected chi connectivity index (χ0v) is 14.7. The molecule has 3 nitrogen and oxygen atoms in total. The van der Waals surface area contributed by atoms with E-state index in [0.717, 1.165) is 15.7 Å². The molecule has 0 heterocycles. The molecule has 2 aromatic rings. The van der Waals surface area contributed by atoms with Crippen LogP contribution in [-0.4, -0.2) is 12.5 Å². The Morgan fingerprint density at radius 3 is 2.39 bits per heavy atom. The molecule has 2 aromatic carbocycles. The van der Waals surface area contributed by atoms with Crippen molar-refractivity contribution >= 4 is 27.5 Å². The Morgan fingerprint density at radius 2 is 1.78 bits per heavy atom. The van der Waals surface area contributed by atoms with Crippen molar-refractivity contribution in [3.05, 3.63) is 64.4 Å². The zero-order valence-electron chi connectivity index (χ0n) is 13.1. The first-order valence-electron chi connectivity index (χ1n) is 7.50. The predicted molar refractivity (Wildman–Crippen MR) is 94.8 cm³/mol. The van der Waals surface area contributed by atoms with E-state index in [9.17, 15) is 9.18 Å². The molecular weight excluding hydrogens is 359 g/mol. The van der Waals surface area contributed by atoms with Gasteiger partial charge in [0.1, 0.15) is 5.82 Å². The van der Waals surface area contributed by atoms with E-state index in [1.165, 1.54) is 12.1 Å². The molecule has 0 aliphatic heterocycles. The average molecular weight is 379 g/mol. The van der Waals surface area contributed by atoms with Crippen molar-refractivity contribution in [2.24, 2.45) is 5.92 Å². The molecule has 1 atom stereocenters. The lowest BCUT2D eigenvalue weighted by atomic mass is 9.96. The molecule has 5 heteroatoms. The van der Waals surface area contributed by atoms with Crippen LogP contribution >= 0.6 is 15.9 Å². The molecule has 2 rings (SSSR count). The van der Waals surface area contributed by atoms with Crippen LogP contribution in [0.2, 0.25) is 0 Å². The number of carbonyl (C=O) groups excluding carboxylic acids is 1. The summed E-state index contributed by atoms with van der Waals surface area (Å²) in [6.07, 6.45) is 0. The summed E-state index contributed by atoms with van der Waals surface area (Å²) in [6, 6.07) is 13.8. The van der Waals surface area contributed by atoms with Crippen molar-refractivity contribution in [3.63, 3.8) is 0 Å². The fraction of sp³-hybridized carbons (Fsp3) is 0.278. The van der Waals surface area contributed by atoms with Crippen LogP contribution in [0.15, 0.2) is 53.0 Å². The Kier molecular flexibility index (Phi) is 6.30. The Balaban J connectivity index is 1.97. The van der Waals surface area contributed by atoms with Crippen molar-refractivity contribution in [1.82, 2.24) is 5.32 Å². The number of hydrogen-bond acceptors (Lipinski definition) is 2. The van der Waals surface area contributed by atoms with Gasteiger partial charge in [-0.15, -0.1) is 0 Å². The number of nitrogens with one attached hydrogen (secondary N) is 2. The van der Waals surface area contributed by atoms with Gasteiger partial charge in [-0.05, 0) is 51.7 Å². The summed E-state index contributed by atoms with van der Waals surface area (Å²) in [5.41, 5.74) is 1.71. The van der Waals surface area contributed by atoms with Crippen LogP contribution in [0.5, 0.6) is 0 Å². The van der Waals surface area contributed by atoms with E-state index in [1.807, 2.05) is 24.3 Å². The maximum absolute atomic E-state index is 13.1. The minimum atomic E-state index is -0.261. The van der Waals surface area contributed by atoms with Crippen LogP contribution < -0.4 is 10.6 Å². The van der Waals surface area contributed by atoms with Gasteiger partial charge in [0.25, 0.3) is 0 Å². The maximum atomic E-state index is 13.1. The van der Waals surface area contributed by atoms with E-state index in [0.29, 0.717) is 0 Å². The van der Waals surface area contributed by atoms with Crippen molar-refractivity contribution in [2.45, 2.75) is 19.9 Å². The summed E-state index contributed by atoms with van der Waals surface area (Å²) >= 11 is 3.40. The highest BCUT2D eigenvalue weighted by atomic mass is 79.9. The van der Waals surface area contributed by atoms with Crippen LogP contribution in [-0.2, 0) is 4.79 Å². The van der Waals surface area contributed by atoms with E-state index in [4.69, 9.17) is 0 Å². The van der Waals surface area contributed by atoms with Crippen LogP contribution in [0.3, 0.4) is 0 Å². The molecule has 0 saturated heterocycles. The number of halogens is 2. The number of benzene rings is 2. The van der Waals surface area contributed by atoms with Crippen molar-refractivity contribution in [1.29, 1.82) is 0 Å². The van der Waals surface area contributed by atoms with E-state index in [-0.39, 0.29) is 30.2 Å². The maximum Gasteiger partial charge on any atom is 0.238 e. The third kappa shape index (κ3) is 5.15. The molecule has 0 radical (unpaired) electrons. The molecular formula is C18H20BrFN2O. The minimum absolute atomic E-state index is 0.0134. The van der Waals surface area contributed by atoms with Gasteiger partial charge >= 0.3 is 0 Å². The second-order valence-corrected chi connectivity index (χ2v) is 6.54.